The van der Waals surface area contributed by atoms with Crippen molar-refractivity contribution in [3.8, 4) is 0 Å². The van der Waals surface area contributed by atoms with E-state index in [1.54, 1.807) is 13.8 Å². The van der Waals surface area contributed by atoms with Crippen molar-refractivity contribution >= 4 is 11.9 Å². The molecule has 14 heavy (non-hydrogen) atoms. The van der Waals surface area contributed by atoms with Crippen LogP contribution in [0.1, 0.15) is 20.3 Å². The Balaban J connectivity index is 3.04. The Hall–Kier alpha value is -1.32. The lowest BCUT2D eigenvalue weighted by atomic mass is 9.73. The van der Waals surface area contributed by atoms with E-state index in [0.29, 0.717) is 12.0 Å². The molecule has 4 heteroatoms. The number of carbonyl (C=O) groups is 2. The molecular weight excluding hydrogens is 184 g/mol. The Morgan fingerprint density at radius 1 is 1.36 bits per heavy atom. The van der Waals surface area contributed by atoms with E-state index in [0.717, 1.165) is 0 Å². The largest absolute Gasteiger partial charge is 0.481 e. The average molecular weight is 198 g/mol. The van der Waals surface area contributed by atoms with Gasteiger partial charge in [-0.1, -0.05) is 18.6 Å². The molecule has 1 rings (SSSR count). The van der Waals surface area contributed by atoms with Gasteiger partial charge in [-0.25, -0.2) is 0 Å². The van der Waals surface area contributed by atoms with Gasteiger partial charge in [0.05, 0.1) is 11.8 Å². The normalized spacial score (nSPS) is 32.1. The Morgan fingerprint density at radius 3 is 2.29 bits per heavy atom. The summed E-state index contributed by atoms with van der Waals surface area (Å²) >= 11 is 0. The maximum absolute atomic E-state index is 10.9. The Kier molecular flexibility index (Phi) is 2.93. The first-order valence-corrected chi connectivity index (χ1v) is 4.57. The fraction of sp³-hybridized carbons (Fsp3) is 0.600. The van der Waals surface area contributed by atoms with Crippen LogP contribution in [-0.2, 0) is 9.59 Å². The van der Waals surface area contributed by atoms with Gasteiger partial charge in [0, 0.05) is 0 Å². The van der Waals surface area contributed by atoms with Gasteiger partial charge in [-0.3, -0.25) is 9.59 Å². The summed E-state index contributed by atoms with van der Waals surface area (Å²) in [6.07, 6.45) is 2.47. The van der Waals surface area contributed by atoms with Gasteiger partial charge in [-0.2, -0.15) is 0 Å². The van der Waals surface area contributed by atoms with E-state index in [-0.39, 0.29) is 5.92 Å². The number of carboxylic acids is 2. The Labute approximate surface area is 82.2 Å². The number of aliphatic carboxylic acids is 2. The second-order valence-electron chi connectivity index (χ2n) is 3.84. The molecule has 0 aromatic carbocycles. The van der Waals surface area contributed by atoms with Gasteiger partial charge in [0.2, 0.25) is 0 Å². The smallest absolute Gasteiger partial charge is 0.311 e. The highest BCUT2D eigenvalue weighted by atomic mass is 16.4. The standard InChI is InChI=1S/C10H14O4/c1-5-3-4-6(2)8(10(13)14)7(5)9(11)12/h3,6-8H,4H2,1-2H3,(H,11,12)(H,13,14). The molecule has 0 aromatic rings. The number of hydrogen-bond acceptors (Lipinski definition) is 2. The minimum Gasteiger partial charge on any atom is -0.481 e. The van der Waals surface area contributed by atoms with Crippen LogP contribution < -0.4 is 0 Å². The van der Waals surface area contributed by atoms with Gasteiger partial charge in [0.25, 0.3) is 0 Å². The molecule has 0 aromatic heterocycles. The van der Waals surface area contributed by atoms with E-state index in [2.05, 4.69) is 0 Å². The molecule has 4 nitrogen and oxygen atoms in total. The van der Waals surface area contributed by atoms with Crippen molar-refractivity contribution in [3.63, 3.8) is 0 Å². The molecule has 0 aliphatic heterocycles. The molecular formula is C10H14O4. The zero-order valence-corrected chi connectivity index (χ0v) is 8.23. The number of rotatable bonds is 2. The molecule has 0 saturated carbocycles. The van der Waals surface area contributed by atoms with Crippen molar-refractivity contribution in [3.05, 3.63) is 11.6 Å². The van der Waals surface area contributed by atoms with E-state index in [1.807, 2.05) is 6.08 Å². The second-order valence-corrected chi connectivity index (χ2v) is 3.84. The second kappa shape index (κ2) is 3.82. The van der Waals surface area contributed by atoms with Crippen LogP contribution in [0.2, 0.25) is 0 Å². The first-order chi connectivity index (χ1) is 6.45. The fourth-order valence-corrected chi connectivity index (χ4v) is 1.99. The highest BCUT2D eigenvalue weighted by molar-refractivity contribution is 5.83. The first kappa shape index (κ1) is 10.8. The van der Waals surface area contributed by atoms with Crippen LogP contribution in [0.15, 0.2) is 11.6 Å². The molecule has 0 bridgehead atoms. The quantitative estimate of drug-likeness (QED) is 0.657. The SMILES string of the molecule is CC1=CCC(C)C(C(=O)O)C1C(=O)O. The predicted molar refractivity (Wildman–Crippen MR) is 49.8 cm³/mol. The van der Waals surface area contributed by atoms with Crippen molar-refractivity contribution in [2.45, 2.75) is 20.3 Å². The van der Waals surface area contributed by atoms with Crippen molar-refractivity contribution in [2.75, 3.05) is 0 Å². The van der Waals surface area contributed by atoms with Gasteiger partial charge >= 0.3 is 11.9 Å². The van der Waals surface area contributed by atoms with Gasteiger partial charge in [0.15, 0.2) is 0 Å². The lowest BCUT2D eigenvalue weighted by molar-refractivity contribution is -0.154. The highest BCUT2D eigenvalue weighted by Crippen LogP contribution is 2.35. The van der Waals surface area contributed by atoms with Crippen LogP contribution in [0.25, 0.3) is 0 Å². The number of carboxylic acid groups (broad SMARTS) is 2. The van der Waals surface area contributed by atoms with Crippen molar-refractivity contribution in [1.29, 1.82) is 0 Å². The first-order valence-electron chi connectivity index (χ1n) is 4.57. The molecule has 2 N–H and O–H groups in total. The average Bonchev–Trinajstić information content (AvgIpc) is 2.07. The topological polar surface area (TPSA) is 74.6 Å². The molecule has 0 spiro atoms. The molecule has 0 radical (unpaired) electrons. The molecule has 1 aliphatic rings. The molecule has 1 aliphatic carbocycles. The molecule has 0 amide bonds. The van der Waals surface area contributed by atoms with Gasteiger partial charge < -0.3 is 10.2 Å². The van der Waals surface area contributed by atoms with E-state index < -0.39 is 23.8 Å². The summed E-state index contributed by atoms with van der Waals surface area (Å²) in [5, 5.41) is 17.9. The maximum Gasteiger partial charge on any atom is 0.311 e. The van der Waals surface area contributed by atoms with E-state index in [1.165, 1.54) is 0 Å². The van der Waals surface area contributed by atoms with Crippen molar-refractivity contribution in [2.24, 2.45) is 17.8 Å². The van der Waals surface area contributed by atoms with Crippen LogP contribution in [0.3, 0.4) is 0 Å². The summed E-state index contributed by atoms with van der Waals surface area (Å²) in [6, 6.07) is 0. The molecule has 0 heterocycles. The van der Waals surface area contributed by atoms with Crippen LogP contribution in [0.4, 0.5) is 0 Å². The lowest BCUT2D eigenvalue weighted by Gasteiger charge is -2.30. The predicted octanol–water partition coefficient (Wildman–Crippen LogP) is 1.37. The van der Waals surface area contributed by atoms with Gasteiger partial charge in [-0.05, 0) is 19.3 Å². The molecule has 0 saturated heterocycles. The highest BCUT2D eigenvalue weighted by Gasteiger charge is 2.40. The van der Waals surface area contributed by atoms with Crippen LogP contribution in [-0.4, -0.2) is 22.2 Å². The maximum atomic E-state index is 10.9. The zero-order valence-electron chi connectivity index (χ0n) is 8.23. The van der Waals surface area contributed by atoms with Crippen molar-refractivity contribution in [1.82, 2.24) is 0 Å². The van der Waals surface area contributed by atoms with Crippen LogP contribution in [0.5, 0.6) is 0 Å². The third-order valence-corrected chi connectivity index (χ3v) is 2.83. The molecule has 3 atom stereocenters. The summed E-state index contributed by atoms with van der Waals surface area (Å²) in [7, 11) is 0. The third-order valence-electron chi connectivity index (χ3n) is 2.83. The minimum absolute atomic E-state index is 0.114. The summed E-state index contributed by atoms with van der Waals surface area (Å²) in [5.41, 5.74) is 0.656. The molecule has 0 fully saturated rings. The minimum atomic E-state index is -1.04. The van der Waals surface area contributed by atoms with E-state index in [9.17, 15) is 9.59 Å². The van der Waals surface area contributed by atoms with Crippen LogP contribution >= 0.6 is 0 Å². The Morgan fingerprint density at radius 2 is 1.93 bits per heavy atom. The van der Waals surface area contributed by atoms with Gasteiger partial charge in [0.1, 0.15) is 0 Å². The monoisotopic (exact) mass is 198 g/mol. The number of allylic oxidation sites excluding steroid dienone is 1. The fourth-order valence-electron chi connectivity index (χ4n) is 1.99. The summed E-state index contributed by atoms with van der Waals surface area (Å²) in [4.78, 5) is 21.9. The molecule has 78 valence electrons. The summed E-state index contributed by atoms with van der Waals surface area (Å²) < 4.78 is 0. The Bertz CT molecular complexity index is 292. The van der Waals surface area contributed by atoms with E-state index in [4.69, 9.17) is 10.2 Å². The number of hydrogen-bond donors (Lipinski definition) is 2. The summed E-state index contributed by atoms with van der Waals surface area (Å²) in [5.74, 6) is -3.83. The third kappa shape index (κ3) is 1.78. The van der Waals surface area contributed by atoms with E-state index >= 15 is 0 Å². The zero-order chi connectivity index (χ0) is 10.9. The summed E-state index contributed by atoms with van der Waals surface area (Å²) in [6.45, 7) is 3.46. The van der Waals surface area contributed by atoms with Crippen LogP contribution in [0, 0.1) is 17.8 Å². The van der Waals surface area contributed by atoms with Crippen molar-refractivity contribution < 1.29 is 19.8 Å². The lowest BCUT2D eigenvalue weighted by Crippen LogP contribution is -2.37. The van der Waals surface area contributed by atoms with Gasteiger partial charge in [-0.15, -0.1) is 0 Å². The molecule has 3 unspecified atom stereocenters.